The number of aryl methyl sites for hydroxylation is 2. The van der Waals surface area contributed by atoms with Crippen molar-refractivity contribution in [3.8, 4) is 11.5 Å². The van der Waals surface area contributed by atoms with Crippen molar-refractivity contribution in [1.29, 1.82) is 0 Å². The highest BCUT2D eigenvalue weighted by Gasteiger charge is 2.07. The Hall–Kier alpha value is -2.53. The number of nitrogens with one attached hydrogen (secondary N) is 2. The molecule has 128 valence electrons. The quantitative estimate of drug-likeness (QED) is 0.820. The van der Waals surface area contributed by atoms with Crippen molar-refractivity contribution in [1.82, 2.24) is 5.32 Å². The smallest absolute Gasteiger partial charge is 0.238 e. The summed E-state index contributed by atoms with van der Waals surface area (Å²) in [5.41, 5.74) is 4.10. The second-order valence-electron chi connectivity index (χ2n) is 5.66. The normalized spacial score (nSPS) is 10.3. The van der Waals surface area contributed by atoms with E-state index in [0.29, 0.717) is 18.0 Å². The number of rotatable bonds is 7. The summed E-state index contributed by atoms with van der Waals surface area (Å²) in [6, 6.07) is 11.7. The predicted octanol–water partition coefficient (Wildman–Crippen LogP) is 3.05. The molecule has 2 N–H and O–H groups in total. The molecule has 24 heavy (non-hydrogen) atoms. The maximum absolute atomic E-state index is 12.0. The number of carbonyl (C=O) groups is 1. The zero-order chi connectivity index (χ0) is 17.5. The SMILES string of the molecule is COc1ccc(CNCC(=O)Nc2ccc(C)cc2C)cc1OC. The van der Waals surface area contributed by atoms with Gasteiger partial charge in [0.25, 0.3) is 0 Å². The number of benzene rings is 2. The van der Waals surface area contributed by atoms with Gasteiger partial charge in [0.05, 0.1) is 20.8 Å². The third kappa shape index (κ3) is 4.73. The molecule has 0 atom stereocenters. The van der Waals surface area contributed by atoms with Crippen LogP contribution in [0.3, 0.4) is 0 Å². The summed E-state index contributed by atoms with van der Waals surface area (Å²) in [5.74, 6) is 1.30. The van der Waals surface area contributed by atoms with Crippen LogP contribution in [0.5, 0.6) is 11.5 Å². The van der Waals surface area contributed by atoms with Crippen LogP contribution in [-0.4, -0.2) is 26.7 Å². The molecule has 5 nitrogen and oxygen atoms in total. The van der Waals surface area contributed by atoms with Gasteiger partial charge < -0.3 is 20.1 Å². The molecule has 2 rings (SSSR count). The fourth-order valence-electron chi connectivity index (χ4n) is 2.46. The van der Waals surface area contributed by atoms with E-state index in [2.05, 4.69) is 10.6 Å². The molecular weight excluding hydrogens is 304 g/mol. The average Bonchev–Trinajstić information content (AvgIpc) is 2.57. The molecular formula is C19H24N2O3. The van der Waals surface area contributed by atoms with E-state index in [1.165, 1.54) is 5.56 Å². The first-order valence-corrected chi connectivity index (χ1v) is 7.82. The van der Waals surface area contributed by atoms with E-state index >= 15 is 0 Å². The van der Waals surface area contributed by atoms with Gasteiger partial charge in [-0.1, -0.05) is 23.8 Å². The minimum atomic E-state index is -0.0672. The van der Waals surface area contributed by atoms with Crippen LogP contribution in [0, 0.1) is 13.8 Å². The molecule has 0 aromatic heterocycles. The molecule has 1 amide bonds. The molecule has 0 saturated heterocycles. The summed E-state index contributed by atoms with van der Waals surface area (Å²) in [5, 5.41) is 6.05. The number of amides is 1. The third-order valence-electron chi connectivity index (χ3n) is 3.72. The summed E-state index contributed by atoms with van der Waals surface area (Å²) in [6.07, 6.45) is 0. The Balaban J connectivity index is 1.86. The van der Waals surface area contributed by atoms with Gasteiger partial charge >= 0.3 is 0 Å². The Morgan fingerprint density at radius 1 is 1.00 bits per heavy atom. The van der Waals surface area contributed by atoms with Gasteiger partial charge in [-0.15, -0.1) is 0 Å². The van der Waals surface area contributed by atoms with Crippen molar-refractivity contribution in [3.63, 3.8) is 0 Å². The van der Waals surface area contributed by atoms with Crippen LogP contribution >= 0.6 is 0 Å². The molecule has 0 aliphatic carbocycles. The first-order chi connectivity index (χ1) is 11.5. The van der Waals surface area contributed by atoms with Gasteiger partial charge in [0, 0.05) is 12.2 Å². The minimum Gasteiger partial charge on any atom is -0.493 e. The van der Waals surface area contributed by atoms with Crippen molar-refractivity contribution in [2.75, 3.05) is 26.1 Å². The zero-order valence-electron chi connectivity index (χ0n) is 14.6. The molecule has 0 aliphatic heterocycles. The number of anilines is 1. The van der Waals surface area contributed by atoms with Crippen LogP contribution in [0.4, 0.5) is 5.69 Å². The van der Waals surface area contributed by atoms with Crippen LogP contribution in [0.15, 0.2) is 36.4 Å². The molecule has 0 aliphatic rings. The third-order valence-corrected chi connectivity index (χ3v) is 3.72. The zero-order valence-corrected chi connectivity index (χ0v) is 14.6. The molecule has 2 aromatic carbocycles. The highest BCUT2D eigenvalue weighted by Crippen LogP contribution is 2.27. The van der Waals surface area contributed by atoms with Crippen molar-refractivity contribution < 1.29 is 14.3 Å². The largest absolute Gasteiger partial charge is 0.493 e. The van der Waals surface area contributed by atoms with Crippen molar-refractivity contribution in [2.45, 2.75) is 20.4 Å². The van der Waals surface area contributed by atoms with Crippen molar-refractivity contribution in [3.05, 3.63) is 53.1 Å². The van der Waals surface area contributed by atoms with E-state index in [0.717, 1.165) is 16.8 Å². The van der Waals surface area contributed by atoms with Gasteiger partial charge in [0.1, 0.15) is 0 Å². The highest BCUT2D eigenvalue weighted by molar-refractivity contribution is 5.92. The van der Waals surface area contributed by atoms with Gasteiger partial charge in [-0.2, -0.15) is 0 Å². The van der Waals surface area contributed by atoms with Crippen molar-refractivity contribution >= 4 is 11.6 Å². The van der Waals surface area contributed by atoms with Crippen LogP contribution in [0.2, 0.25) is 0 Å². The lowest BCUT2D eigenvalue weighted by Crippen LogP contribution is -2.28. The van der Waals surface area contributed by atoms with Crippen molar-refractivity contribution in [2.24, 2.45) is 0 Å². The predicted molar refractivity (Wildman–Crippen MR) is 95.8 cm³/mol. The van der Waals surface area contributed by atoms with Crippen LogP contribution in [-0.2, 0) is 11.3 Å². The number of ether oxygens (including phenoxy) is 2. The molecule has 0 spiro atoms. The lowest BCUT2D eigenvalue weighted by atomic mass is 10.1. The summed E-state index contributed by atoms with van der Waals surface area (Å²) in [6.45, 7) is 4.82. The molecule has 0 radical (unpaired) electrons. The Labute approximate surface area is 143 Å². The summed E-state index contributed by atoms with van der Waals surface area (Å²) >= 11 is 0. The first kappa shape index (κ1) is 17.8. The molecule has 2 aromatic rings. The Bertz CT molecular complexity index is 714. The van der Waals surface area contributed by atoms with E-state index in [9.17, 15) is 4.79 Å². The second kappa shape index (κ2) is 8.36. The number of methoxy groups -OCH3 is 2. The van der Waals surface area contributed by atoms with Gasteiger partial charge in [-0.25, -0.2) is 0 Å². The summed E-state index contributed by atoms with van der Waals surface area (Å²) in [4.78, 5) is 12.0. The standard InChI is InChI=1S/C19H24N2O3/c1-13-5-7-16(14(2)9-13)21-19(22)12-20-11-15-6-8-17(23-3)18(10-15)24-4/h5-10,20H,11-12H2,1-4H3,(H,21,22). The van der Waals surface area contributed by atoms with E-state index in [-0.39, 0.29) is 12.5 Å². The van der Waals surface area contributed by atoms with Crippen LogP contribution in [0.25, 0.3) is 0 Å². The Morgan fingerprint density at radius 2 is 1.75 bits per heavy atom. The number of carbonyl (C=O) groups excluding carboxylic acids is 1. The average molecular weight is 328 g/mol. The molecule has 5 heteroatoms. The Kier molecular flexibility index (Phi) is 6.21. The van der Waals surface area contributed by atoms with E-state index in [4.69, 9.17) is 9.47 Å². The fraction of sp³-hybridized carbons (Fsp3) is 0.316. The monoisotopic (exact) mass is 328 g/mol. The molecule has 0 saturated carbocycles. The number of hydrogen-bond donors (Lipinski definition) is 2. The van der Waals surface area contributed by atoms with Gasteiger partial charge in [0.2, 0.25) is 5.91 Å². The molecule has 0 fully saturated rings. The van der Waals surface area contributed by atoms with E-state index in [1.807, 2.05) is 50.2 Å². The maximum atomic E-state index is 12.0. The lowest BCUT2D eigenvalue weighted by Gasteiger charge is -2.11. The van der Waals surface area contributed by atoms with Gasteiger partial charge in [-0.05, 0) is 43.2 Å². The second-order valence-corrected chi connectivity index (χ2v) is 5.66. The molecule has 0 bridgehead atoms. The van der Waals surface area contributed by atoms with E-state index < -0.39 is 0 Å². The van der Waals surface area contributed by atoms with Crippen LogP contribution < -0.4 is 20.1 Å². The summed E-state index contributed by atoms with van der Waals surface area (Å²) in [7, 11) is 3.21. The minimum absolute atomic E-state index is 0.0672. The fourth-order valence-corrected chi connectivity index (χ4v) is 2.46. The van der Waals surface area contributed by atoms with Gasteiger partial charge in [0.15, 0.2) is 11.5 Å². The summed E-state index contributed by atoms with van der Waals surface area (Å²) < 4.78 is 10.5. The first-order valence-electron chi connectivity index (χ1n) is 7.82. The maximum Gasteiger partial charge on any atom is 0.238 e. The highest BCUT2D eigenvalue weighted by atomic mass is 16.5. The molecule has 0 unspecified atom stereocenters. The van der Waals surface area contributed by atoms with Gasteiger partial charge in [-0.3, -0.25) is 4.79 Å². The van der Waals surface area contributed by atoms with Crippen LogP contribution in [0.1, 0.15) is 16.7 Å². The Morgan fingerprint density at radius 3 is 2.42 bits per heavy atom. The van der Waals surface area contributed by atoms with E-state index in [1.54, 1.807) is 14.2 Å². The number of hydrogen-bond acceptors (Lipinski definition) is 4. The molecule has 0 heterocycles. The lowest BCUT2D eigenvalue weighted by molar-refractivity contribution is -0.115. The topological polar surface area (TPSA) is 59.6 Å².